The molecule has 17 heavy (non-hydrogen) atoms. The number of likely N-dealkylation sites (N-methyl/N-ethyl adjacent to an activating group) is 1. The van der Waals surface area contributed by atoms with Crippen molar-refractivity contribution in [3.05, 3.63) is 0 Å². The van der Waals surface area contributed by atoms with Gasteiger partial charge in [-0.3, -0.25) is 4.90 Å². The minimum Gasteiger partial charge on any atom is -0.306 e. The average molecular weight is 237 g/mol. The molecule has 0 N–H and O–H groups in total. The number of hydrogen-bond acceptors (Lipinski definition) is 3. The fraction of sp³-hybridized carbons (Fsp3) is 1.00. The first-order valence-corrected chi connectivity index (χ1v) is 7.35. The molecule has 3 rings (SSSR count). The fourth-order valence-corrected chi connectivity index (χ4v) is 4.04. The highest BCUT2D eigenvalue weighted by molar-refractivity contribution is 4.95. The van der Waals surface area contributed by atoms with Crippen LogP contribution in [0.5, 0.6) is 0 Å². The molecule has 0 saturated carbocycles. The van der Waals surface area contributed by atoms with E-state index in [0.717, 1.165) is 18.0 Å². The molecule has 3 nitrogen and oxygen atoms in total. The summed E-state index contributed by atoms with van der Waals surface area (Å²) in [5, 5.41) is 0. The smallest absolute Gasteiger partial charge is 0.0227 e. The van der Waals surface area contributed by atoms with Crippen LogP contribution in [0.2, 0.25) is 0 Å². The molecule has 0 spiro atoms. The zero-order valence-electron chi connectivity index (χ0n) is 11.4. The second-order valence-electron chi connectivity index (χ2n) is 6.55. The molecule has 2 unspecified atom stereocenters. The number of rotatable bonds is 2. The Bertz CT molecular complexity index is 246. The second kappa shape index (κ2) is 4.87. The highest BCUT2D eigenvalue weighted by Gasteiger charge is 2.39. The first-order valence-electron chi connectivity index (χ1n) is 7.35. The molecule has 0 radical (unpaired) electrons. The molecule has 0 amide bonds. The molecule has 0 aliphatic carbocycles. The van der Waals surface area contributed by atoms with E-state index in [1.807, 2.05) is 0 Å². The molecule has 98 valence electrons. The first-order chi connectivity index (χ1) is 8.22. The number of piperazine rings is 1. The van der Waals surface area contributed by atoms with E-state index in [-0.39, 0.29) is 0 Å². The van der Waals surface area contributed by atoms with E-state index in [4.69, 9.17) is 0 Å². The lowest BCUT2D eigenvalue weighted by atomic mass is 9.95. The van der Waals surface area contributed by atoms with Gasteiger partial charge in [0.05, 0.1) is 0 Å². The molecule has 0 aromatic carbocycles. The van der Waals surface area contributed by atoms with Crippen molar-refractivity contribution in [3.63, 3.8) is 0 Å². The van der Waals surface area contributed by atoms with Crippen LogP contribution in [0.1, 0.15) is 25.7 Å². The largest absolute Gasteiger partial charge is 0.306 e. The number of hydrogen-bond donors (Lipinski definition) is 0. The van der Waals surface area contributed by atoms with Gasteiger partial charge in [-0.05, 0) is 58.8 Å². The Hall–Kier alpha value is -0.120. The maximum absolute atomic E-state index is 2.86. The fourth-order valence-electron chi connectivity index (χ4n) is 4.04. The van der Waals surface area contributed by atoms with Gasteiger partial charge in [-0.1, -0.05) is 0 Å². The van der Waals surface area contributed by atoms with Gasteiger partial charge in [0.25, 0.3) is 0 Å². The SMILES string of the molecule is CN1CCC(CN2C3CCC2CN(C)C3)CC1. The highest BCUT2D eigenvalue weighted by atomic mass is 15.3. The van der Waals surface area contributed by atoms with Crippen LogP contribution in [0.25, 0.3) is 0 Å². The van der Waals surface area contributed by atoms with Crippen molar-refractivity contribution in [1.82, 2.24) is 14.7 Å². The molecule has 3 fully saturated rings. The lowest BCUT2D eigenvalue weighted by Gasteiger charge is -2.42. The summed E-state index contributed by atoms with van der Waals surface area (Å²) >= 11 is 0. The van der Waals surface area contributed by atoms with Gasteiger partial charge < -0.3 is 9.80 Å². The topological polar surface area (TPSA) is 9.72 Å². The minimum absolute atomic E-state index is 0.874. The summed E-state index contributed by atoms with van der Waals surface area (Å²) < 4.78 is 0. The lowest BCUT2D eigenvalue weighted by Crippen LogP contribution is -2.54. The third-order valence-corrected chi connectivity index (χ3v) is 5.12. The Kier molecular flexibility index (Phi) is 3.42. The lowest BCUT2D eigenvalue weighted by molar-refractivity contribution is 0.0559. The van der Waals surface area contributed by atoms with Crippen molar-refractivity contribution in [2.75, 3.05) is 46.8 Å². The van der Waals surface area contributed by atoms with E-state index in [1.165, 1.54) is 58.4 Å². The van der Waals surface area contributed by atoms with Crippen LogP contribution in [0.4, 0.5) is 0 Å². The van der Waals surface area contributed by atoms with Crippen molar-refractivity contribution in [2.24, 2.45) is 5.92 Å². The summed E-state index contributed by atoms with van der Waals surface area (Å²) in [6.07, 6.45) is 5.73. The van der Waals surface area contributed by atoms with Gasteiger partial charge in [0.15, 0.2) is 0 Å². The quantitative estimate of drug-likeness (QED) is 0.712. The van der Waals surface area contributed by atoms with E-state index in [2.05, 4.69) is 28.8 Å². The molecule has 3 heteroatoms. The third kappa shape index (κ3) is 2.51. The van der Waals surface area contributed by atoms with E-state index in [0.29, 0.717) is 0 Å². The van der Waals surface area contributed by atoms with Crippen molar-refractivity contribution < 1.29 is 0 Å². The highest BCUT2D eigenvalue weighted by Crippen LogP contribution is 2.31. The molecule has 2 bridgehead atoms. The molecular weight excluding hydrogens is 210 g/mol. The monoisotopic (exact) mass is 237 g/mol. The van der Waals surface area contributed by atoms with Crippen LogP contribution in [0.3, 0.4) is 0 Å². The maximum Gasteiger partial charge on any atom is 0.0227 e. The van der Waals surface area contributed by atoms with Crippen molar-refractivity contribution in [2.45, 2.75) is 37.8 Å². The molecule has 0 aromatic heterocycles. The number of nitrogens with zero attached hydrogens (tertiary/aromatic N) is 3. The Morgan fingerprint density at radius 3 is 2.00 bits per heavy atom. The summed E-state index contributed by atoms with van der Waals surface area (Å²) in [5.74, 6) is 0.970. The number of fused-ring (bicyclic) bond motifs is 2. The van der Waals surface area contributed by atoms with Crippen molar-refractivity contribution in [3.8, 4) is 0 Å². The zero-order valence-corrected chi connectivity index (χ0v) is 11.4. The standard InChI is InChI=1S/C14H27N3/c1-15-7-5-12(6-8-15)9-17-13-3-4-14(17)11-16(2)10-13/h12-14H,3-11H2,1-2H3. The average Bonchev–Trinajstić information content (AvgIpc) is 2.56. The van der Waals surface area contributed by atoms with Crippen LogP contribution in [-0.2, 0) is 0 Å². The van der Waals surface area contributed by atoms with Gasteiger partial charge in [-0.2, -0.15) is 0 Å². The number of piperidine rings is 1. The third-order valence-electron chi connectivity index (χ3n) is 5.12. The van der Waals surface area contributed by atoms with Crippen LogP contribution >= 0.6 is 0 Å². The molecule has 3 saturated heterocycles. The Morgan fingerprint density at radius 1 is 0.824 bits per heavy atom. The minimum atomic E-state index is 0.874. The normalized spacial score (nSPS) is 37.8. The molecule has 3 aliphatic heterocycles. The van der Waals surface area contributed by atoms with Crippen LogP contribution in [0.15, 0.2) is 0 Å². The van der Waals surface area contributed by atoms with E-state index in [9.17, 15) is 0 Å². The van der Waals surface area contributed by atoms with E-state index in [1.54, 1.807) is 0 Å². The van der Waals surface area contributed by atoms with Crippen molar-refractivity contribution >= 4 is 0 Å². The summed E-state index contributed by atoms with van der Waals surface area (Å²) in [6, 6.07) is 1.75. The zero-order chi connectivity index (χ0) is 11.8. The van der Waals surface area contributed by atoms with Gasteiger partial charge >= 0.3 is 0 Å². The van der Waals surface area contributed by atoms with E-state index >= 15 is 0 Å². The Morgan fingerprint density at radius 2 is 1.41 bits per heavy atom. The van der Waals surface area contributed by atoms with Gasteiger partial charge in [0.2, 0.25) is 0 Å². The predicted molar refractivity (Wildman–Crippen MR) is 71.2 cm³/mol. The Labute approximate surface area is 106 Å². The molecule has 2 atom stereocenters. The summed E-state index contributed by atoms with van der Waals surface area (Å²) in [5.41, 5.74) is 0. The predicted octanol–water partition coefficient (Wildman–Crippen LogP) is 1.11. The van der Waals surface area contributed by atoms with Crippen LogP contribution in [-0.4, -0.2) is 73.6 Å². The second-order valence-corrected chi connectivity index (χ2v) is 6.55. The Balaban J connectivity index is 1.55. The van der Waals surface area contributed by atoms with Gasteiger partial charge in [-0.15, -0.1) is 0 Å². The molecule has 0 aromatic rings. The maximum atomic E-state index is 2.86. The van der Waals surface area contributed by atoms with Crippen molar-refractivity contribution in [1.29, 1.82) is 0 Å². The van der Waals surface area contributed by atoms with Crippen LogP contribution in [0, 0.1) is 5.92 Å². The van der Waals surface area contributed by atoms with Gasteiger partial charge in [-0.25, -0.2) is 0 Å². The summed E-state index contributed by atoms with van der Waals surface area (Å²) in [4.78, 5) is 7.87. The molecule has 3 heterocycles. The summed E-state index contributed by atoms with van der Waals surface area (Å²) in [7, 11) is 4.55. The van der Waals surface area contributed by atoms with Crippen LogP contribution < -0.4 is 0 Å². The summed E-state index contributed by atoms with van der Waals surface area (Å²) in [6.45, 7) is 6.63. The van der Waals surface area contributed by atoms with Gasteiger partial charge in [0, 0.05) is 31.7 Å². The first kappa shape index (κ1) is 11.9. The van der Waals surface area contributed by atoms with Gasteiger partial charge in [0.1, 0.15) is 0 Å². The molecular formula is C14H27N3. The molecule has 3 aliphatic rings. The number of likely N-dealkylation sites (tertiary alicyclic amines) is 2. The van der Waals surface area contributed by atoms with E-state index < -0.39 is 0 Å².